The maximum atomic E-state index is 6.71. The Kier molecular flexibility index (Phi) is 8.19. The van der Waals surface area contributed by atoms with Crippen LogP contribution in [0, 0.1) is 0 Å². The summed E-state index contributed by atoms with van der Waals surface area (Å²) in [6.07, 6.45) is 0. The molecule has 0 amide bonds. The highest BCUT2D eigenvalue weighted by molar-refractivity contribution is 6.62. The van der Waals surface area contributed by atoms with Crippen LogP contribution in [0.1, 0.15) is 49.9 Å². The average Bonchev–Trinajstić information content (AvgIpc) is 4.15. The van der Waals surface area contributed by atoms with Crippen LogP contribution in [-0.2, 0) is 14.7 Å². The lowest BCUT2D eigenvalue weighted by atomic mass is 9.68. The summed E-state index contributed by atoms with van der Waals surface area (Å²) in [4.78, 5) is 5.39. The molecule has 6 heteroatoms. The number of furan rings is 1. The van der Waals surface area contributed by atoms with Crippen molar-refractivity contribution in [3.63, 3.8) is 0 Å². The zero-order chi connectivity index (χ0) is 45.5. The van der Waals surface area contributed by atoms with Gasteiger partial charge in [-0.25, -0.2) is 4.98 Å². The van der Waals surface area contributed by atoms with E-state index in [4.69, 9.17) is 18.7 Å². The van der Waals surface area contributed by atoms with E-state index in [1.807, 2.05) is 12.1 Å². The molecule has 0 saturated carbocycles. The van der Waals surface area contributed by atoms with Crippen LogP contribution in [0.3, 0.4) is 0 Å². The molecule has 5 nitrogen and oxygen atoms in total. The van der Waals surface area contributed by atoms with E-state index < -0.39 is 23.7 Å². The molecular weight excluding hydrogens is 832 g/mol. The summed E-state index contributed by atoms with van der Waals surface area (Å²) in [6, 6.07) is 72.9. The molecule has 0 bridgehead atoms. The van der Waals surface area contributed by atoms with Gasteiger partial charge in [0.2, 0.25) is 0 Å². The zero-order valence-electron chi connectivity index (χ0n) is 38.2. The number of hydrogen-bond donors (Lipinski definition) is 0. The normalized spacial score (nSPS) is 15.9. The second-order valence-corrected chi connectivity index (χ2v) is 19.7. The third-order valence-electron chi connectivity index (χ3n) is 15.4. The first-order chi connectivity index (χ1) is 33.2. The number of fused-ring (bicyclic) bond motifs is 14. The molecule has 68 heavy (non-hydrogen) atoms. The lowest BCUT2D eigenvalue weighted by Gasteiger charge is -2.32. The largest absolute Gasteiger partial charge is 0.494 e. The molecule has 2 aliphatic carbocycles. The van der Waals surface area contributed by atoms with Crippen molar-refractivity contribution >= 4 is 45.6 Å². The first-order valence-corrected chi connectivity index (χ1v) is 23.6. The highest BCUT2D eigenvalue weighted by Gasteiger charge is 2.55. The summed E-state index contributed by atoms with van der Waals surface area (Å²) < 4.78 is 22.0. The van der Waals surface area contributed by atoms with Crippen molar-refractivity contribution in [2.75, 3.05) is 0 Å². The molecule has 0 N–H and O–H groups in total. The Morgan fingerprint density at radius 3 is 1.74 bits per heavy atom. The fraction of sp³-hybridized carbons (Fsp3) is 0.113. The monoisotopic (exact) mass is 876 g/mol. The van der Waals surface area contributed by atoms with Crippen LogP contribution in [0.25, 0.3) is 94.6 Å². The summed E-state index contributed by atoms with van der Waals surface area (Å²) in [5.41, 5.74) is 19.9. The van der Waals surface area contributed by atoms with Gasteiger partial charge in [-0.15, -0.1) is 0 Å². The Balaban J connectivity index is 1.01. The number of rotatable bonds is 5. The van der Waals surface area contributed by atoms with Crippen LogP contribution in [0.15, 0.2) is 205 Å². The number of hydrogen-bond acceptors (Lipinski definition) is 4. The van der Waals surface area contributed by atoms with E-state index in [1.54, 1.807) is 0 Å². The number of aromatic nitrogens is 2. The van der Waals surface area contributed by atoms with E-state index in [9.17, 15) is 0 Å². The Morgan fingerprint density at radius 2 is 0.985 bits per heavy atom. The van der Waals surface area contributed by atoms with Crippen LogP contribution in [0.4, 0.5) is 0 Å². The van der Waals surface area contributed by atoms with Crippen molar-refractivity contribution in [3.05, 3.63) is 222 Å². The Morgan fingerprint density at radius 1 is 0.426 bits per heavy atom. The molecule has 3 heterocycles. The van der Waals surface area contributed by atoms with Crippen molar-refractivity contribution < 1.29 is 13.7 Å². The summed E-state index contributed by atoms with van der Waals surface area (Å²) in [5, 5.41) is 2.20. The molecule has 1 spiro atoms. The van der Waals surface area contributed by atoms with E-state index in [2.05, 4.69) is 220 Å². The highest BCUT2D eigenvalue weighted by atomic mass is 16.7. The van der Waals surface area contributed by atoms with E-state index in [-0.39, 0.29) is 0 Å². The summed E-state index contributed by atoms with van der Waals surface area (Å²) in [7, 11) is -0.492. The predicted molar refractivity (Wildman–Crippen MR) is 277 cm³/mol. The van der Waals surface area contributed by atoms with Gasteiger partial charge in [0, 0.05) is 22.0 Å². The highest BCUT2D eigenvalue weighted by Crippen LogP contribution is 2.63. The van der Waals surface area contributed by atoms with E-state index >= 15 is 0 Å². The topological polar surface area (TPSA) is 49.4 Å². The van der Waals surface area contributed by atoms with Crippen molar-refractivity contribution in [3.8, 4) is 61.6 Å². The predicted octanol–water partition coefficient (Wildman–Crippen LogP) is 14.6. The van der Waals surface area contributed by atoms with Crippen molar-refractivity contribution in [2.24, 2.45) is 0 Å². The summed E-state index contributed by atoms with van der Waals surface area (Å²) >= 11 is 0. The second kappa shape index (κ2) is 14.1. The molecule has 0 radical (unpaired) electrons. The molecule has 1 saturated heterocycles. The fourth-order valence-corrected chi connectivity index (χ4v) is 11.5. The van der Waals surface area contributed by atoms with Gasteiger partial charge in [0.1, 0.15) is 17.0 Å². The number of para-hydroxylation sites is 4. The van der Waals surface area contributed by atoms with Crippen LogP contribution in [0.2, 0.25) is 0 Å². The Bertz CT molecular complexity index is 3840. The molecule has 2 aromatic heterocycles. The maximum absolute atomic E-state index is 6.71. The summed E-state index contributed by atoms with van der Waals surface area (Å²) in [6.45, 7) is 8.49. The van der Waals surface area contributed by atoms with Gasteiger partial charge in [-0.1, -0.05) is 133 Å². The molecular formula is C62H45BN2O3. The second-order valence-electron chi connectivity index (χ2n) is 19.7. The van der Waals surface area contributed by atoms with Gasteiger partial charge in [-0.2, -0.15) is 0 Å². The molecule has 0 unspecified atom stereocenters. The molecule has 1 aliphatic heterocycles. The van der Waals surface area contributed by atoms with Crippen molar-refractivity contribution in [2.45, 2.75) is 44.3 Å². The van der Waals surface area contributed by atoms with Gasteiger partial charge >= 0.3 is 7.12 Å². The standard InChI is InChI=1S/C62H45BN2O3/c1-60(2)61(3,4)68-63(67-60)43-28-30-48-47-29-26-39(36-53(47)62(54(48)37-43)51-21-11-8-18-45(51)46-19-9-12-22-52(46)62)41-32-40(38-27-31-58-50(35-38)49-20-10-15-25-57(49)66-58)33-42(34-41)59-64-55-23-13-14-24-56(55)65(59)44-16-6-5-7-17-44/h5-37H,1-4H3. The van der Waals surface area contributed by atoms with Crippen LogP contribution < -0.4 is 5.46 Å². The van der Waals surface area contributed by atoms with Crippen molar-refractivity contribution in [1.29, 1.82) is 0 Å². The van der Waals surface area contributed by atoms with Crippen LogP contribution in [-0.4, -0.2) is 27.9 Å². The molecule has 3 aliphatic rings. The van der Waals surface area contributed by atoms with Gasteiger partial charge in [0.25, 0.3) is 0 Å². The molecule has 1 fully saturated rings. The molecule has 14 rings (SSSR count). The third-order valence-corrected chi connectivity index (χ3v) is 15.4. The van der Waals surface area contributed by atoms with Crippen molar-refractivity contribution in [1.82, 2.24) is 9.55 Å². The van der Waals surface area contributed by atoms with Gasteiger partial charge in [-0.05, 0) is 167 Å². The smallest absolute Gasteiger partial charge is 0.456 e. The molecule has 11 aromatic rings. The first-order valence-electron chi connectivity index (χ1n) is 23.6. The first kappa shape index (κ1) is 39.4. The number of nitrogens with zero attached hydrogens (tertiary/aromatic N) is 2. The maximum Gasteiger partial charge on any atom is 0.494 e. The van der Waals surface area contributed by atoms with Gasteiger partial charge < -0.3 is 13.7 Å². The third kappa shape index (κ3) is 5.50. The average molecular weight is 877 g/mol. The number of benzene rings is 9. The van der Waals surface area contributed by atoms with Crippen LogP contribution >= 0.6 is 0 Å². The summed E-state index contributed by atoms with van der Waals surface area (Å²) in [5.74, 6) is 0.884. The lowest BCUT2D eigenvalue weighted by molar-refractivity contribution is 0.00578. The lowest BCUT2D eigenvalue weighted by Crippen LogP contribution is -2.41. The minimum atomic E-state index is -0.581. The minimum absolute atomic E-state index is 0.463. The van der Waals surface area contributed by atoms with Gasteiger partial charge in [-0.3, -0.25) is 4.57 Å². The van der Waals surface area contributed by atoms with E-state index in [0.717, 1.165) is 77.8 Å². The van der Waals surface area contributed by atoms with Crippen LogP contribution in [0.5, 0.6) is 0 Å². The quantitative estimate of drug-likeness (QED) is 0.162. The SMILES string of the molecule is CC1(C)OB(c2ccc3c(c2)C2(c4ccccc4-c4ccccc42)c2cc(-c4cc(-c5ccc6oc7ccccc7c6c5)cc(-c5nc6ccccc6n5-c5ccccc5)c4)ccc2-3)OC1(C)C. The molecule has 324 valence electrons. The van der Waals surface area contributed by atoms with E-state index in [1.165, 1.54) is 44.5 Å². The zero-order valence-corrected chi connectivity index (χ0v) is 38.2. The molecule has 9 aromatic carbocycles. The van der Waals surface area contributed by atoms with Gasteiger partial charge in [0.05, 0.1) is 27.7 Å². The molecule has 0 atom stereocenters. The fourth-order valence-electron chi connectivity index (χ4n) is 11.5. The van der Waals surface area contributed by atoms with E-state index in [0.29, 0.717) is 0 Å². The van der Waals surface area contributed by atoms with Gasteiger partial charge in [0.15, 0.2) is 0 Å². The Hall–Kier alpha value is -7.77. The number of imidazole rings is 1. The Labute approximate surface area is 395 Å². The minimum Gasteiger partial charge on any atom is -0.456 e.